The van der Waals surface area contributed by atoms with E-state index in [0.717, 1.165) is 11.6 Å². The summed E-state index contributed by atoms with van der Waals surface area (Å²) in [5.41, 5.74) is -1.18. The SMILES string of the molecule is Cc1ccc(OC(C)(C)c2nnc(-c3ccccc3C(F)(F)F)n2C)c(C(=O)NCCC(=O)O)c1. The van der Waals surface area contributed by atoms with Crippen LogP contribution in [0.25, 0.3) is 11.4 Å². The van der Waals surface area contributed by atoms with Crippen LogP contribution in [0.15, 0.2) is 42.5 Å². The molecule has 0 atom stereocenters. The highest BCUT2D eigenvalue weighted by molar-refractivity contribution is 5.97. The van der Waals surface area contributed by atoms with Gasteiger partial charge in [0, 0.05) is 19.2 Å². The molecule has 3 rings (SSSR count). The van der Waals surface area contributed by atoms with E-state index in [1.165, 1.54) is 29.8 Å². The molecule has 2 aromatic carbocycles. The number of aryl methyl sites for hydroxylation is 1. The molecule has 0 aliphatic carbocycles. The van der Waals surface area contributed by atoms with Crippen molar-refractivity contribution >= 4 is 11.9 Å². The molecule has 1 amide bonds. The minimum absolute atomic E-state index is 0.0140. The van der Waals surface area contributed by atoms with E-state index in [9.17, 15) is 22.8 Å². The predicted molar refractivity (Wildman–Crippen MR) is 121 cm³/mol. The molecule has 0 saturated heterocycles. The van der Waals surface area contributed by atoms with Crippen molar-refractivity contribution in [1.82, 2.24) is 20.1 Å². The Hall–Kier alpha value is -3.89. The fourth-order valence-corrected chi connectivity index (χ4v) is 3.62. The van der Waals surface area contributed by atoms with Crippen molar-refractivity contribution in [1.29, 1.82) is 0 Å². The number of aromatic nitrogens is 3. The third-order valence-corrected chi connectivity index (χ3v) is 5.26. The first-order valence-corrected chi connectivity index (χ1v) is 10.7. The van der Waals surface area contributed by atoms with Crippen LogP contribution in [-0.2, 0) is 23.6 Å². The zero-order chi connectivity index (χ0) is 26.0. The van der Waals surface area contributed by atoms with Crippen LogP contribution in [0.1, 0.15) is 47.6 Å². The third kappa shape index (κ3) is 5.79. The lowest BCUT2D eigenvalue weighted by Gasteiger charge is -2.27. The summed E-state index contributed by atoms with van der Waals surface area (Å²) < 4.78 is 48.1. The van der Waals surface area contributed by atoms with Gasteiger partial charge in [-0.3, -0.25) is 9.59 Å². The standard InChI is InChI=1S/C24H25F3N4O4/c1-14-9-10-18(16(13-14)21(34)28-12-11-19(32)33)35-23(2,3)22-30-29-20(31(22)4)15-7-5-6-8-17(15)24(25,26)27/h5-10,13H,11-12H2,1-4H3,(H,28,34)(H,32,33). The number of carboxylic acid groups (broad SMARTS) is 1. The van der Waals surface area contributed by atoms with Crippen molar-refractivity contribution in [2.75, 3.05) is 6.54 Å². The lowest BCUT2D eigenvalue weighted by atomic mass is 10.1. The van der Waals surface area contributed by atoms with Gasteiger partial charge >= 0.3 is 12.1 Å². The average Bonchev–Trinajstić information content (AvgIpc) is 3.16. The number of nitrogens with zero attached hydrogens (tertiary/aromatic N) is 3. The van der Waals surface area contributed by atoms with Gasteiger partial charge in [0.15, 0.2) is 17.2 Å². The molecular formula is C24H25F3N4O4. The van der Waals surface area contributed by atoms with Crippen LogP contribution in [0.5, 0.6) is 5.75 Å². The molecule has 1 aromatic heterocycles. The van der Waals surface area contributed by atoms with Gasteiger partial charge in [0.25, 0.3) is 5.91 Å². The smallest absolute Gasteiger partial charge is 0.417 e. The van der Waals surface area contributed by atoms with Gasteiger partial charge in [0.05, 0.1) is 17.5 Å². The summed E-state index contributed by atoms with van der Waals surface area (Å²) in [6.07, 6.45) is -4.81. The number of rotatable bonds is 8. The van der Waals surface area contributed by atoms with E-state index in [-0.39, 0.29) is 41.5 Å². The molecule has 0 radical (unpaired) electrons. The number of carbonyl (C=O) groups is 2. The fraction of sp³-hybridized carbons (Fsp3) is 0.333. The molecule has 1 heterocycles. The number of benzene rings is 2. The van der Waals surface area contributed by atoms with E-state index in [2.05, 4.69) is 15.5 Å². The number of alkyl halides is 3. The summed E-state index contributed by atoms with van der Waals surface area (Å²) in [5.74, 6) is -1.10. The Morgan fingerprint density at radius 1 is 1.11 bits per heavy atom. The van der Waals surface area contributed by atoms with Crippen LogP contribution in [-0.4, -0.2) is 38.3 Å². The van der Waals surface area contributed by atoms with Crippen LogP contribution in [0.4, 0.5) is 13.2 Å². The van der Waals surface area contributed by atoms with Crippen LogP contribution in [0, 0.1) is 6.92 Å². The maximum absolute atomic E-state index is 13.5. The number of amides is 1. The first kappa shape index (κ1) is 25.7. The Labute approximate surface area is 199 Å². The highest BCUT2D eigenvalue weighted by Crippen LogP contribution is 2.37. The summed E-state index contributed by atoms with van der Waals surface area (Å²) in [6.45, 7) is 5.04. The minimum Gasteiger partial charge on any atom is -0.481 e. The number of carbonyl (C=O) groups excluding carboxylic acids is 1. The maximum Gasteiger partial charge on any atom is 0.417 e. The number of hydrogen-bond acceptors (Lipinski definition) is 5. The molecule has 8 nitrogen and oxygen atoms in total. The van der Waals surface area contributed by atoms with E-state index in [0.29, 0.717) is 0 Å². The second-order valence-corrected chi connectivity index (χ2v) is 8.46. The van der Waals surface area contributed by atoms with E-state index >= 15 is 0 Å². The molecule has 3 aromatic rings. The highest BCUT2D eigenvalue weighted by atomic mass is 19.4. The molecular weight excluding hydrogens is 465 g/mol. The Kier molecular flexibility index (Phi) is 7.18. The lowest BCUT2D eigenvalue weighted by molar-refractivity contribution is -0.137. The Bertz CT molecular complexity index is 1250. The fourth-order valence-electron chi connectivity index (χ4n) is 3.62. The van der Waals surface area contributed by atoms with Gasteiger partial charge < -0.3 is 19.7 Å². The molecule has 0 aliphatic rings. The summed E-state index contributed by atoms with van der Waals surface area (Å²) in [6, 6.07) is 10.0. The van der Waals surface area contributed by atoms with E-state index in [1.807, 2.05) is 0 Å². The number of halogens is 3. The van der Waals surface area contributed by atoms with E-state index < -0.39 is 29.2 Å². The van der Waals surface area contributed by atoms with Crippen molar-refractivity contribution in [3.8, 4) is 17.1 Å². The molecule has 0 fully saturated rings. The minimum atomic E-state index is -4.57. The number of carboxylic acids is 1. The Balaban J connectivity index is 1.94. The van der Waals surface area contributed by atoms with Gasteiger partial charge in [-0.1, -0.05) is 29.8 Å². The normalized spacial score (nSPS) is 11.9. The van der Waals surface area contributed by atoms with Gasteiger partial charge in [0.2, 0.25) is 0 Å². The van der Waals surface area contributed by atoms with Crippen LogP contribution in [0.3, 0.4) is 0 Å². The third-order valence-electron chi connectivity index (χ3n) is 5.26. The lowest BCUT2D eigenvalue weighted by Crippen LogP contribution is -2.31. The molecule has 0 aliphatic heterocycles. The summed E-state index contributed by atoms with van der Waals surface area (Å²) in [7, 11) is 1.54. The molecule has 0 spiro atoms. The van der Waals surface area contributed by atoms with Gasteiger partial charge in [-0.25, -0.2) is 0 Å². The zero-order valence-electron chi connectivity index (χ0n) is 19.6. The Morgan fingerprint density at radius 3 is 2.46 bits per heavy atom. The van der Waals surface area contributed by atoms with Crippen molar-refractivity contribution in [2.24, 2.45) is 7.05 Å². The summed E-state index contributed by atoms with van der Waals surface area (Å²) in [5, 5.41) is 19.4. The zero-order valence-corrected chi connectivity index (χ0v) is 19.6. The topological polar surface area (TPSA) is 106 Å². The quantitative estimate of drug-likeness (QED) is 0.487. The number of aliphatic carboxylic acids is 1. The second-order valence-electron chi connectivity index (χ2n) is 8.46. The van der Waals surface area contributed by atoms with Crippen LogP contribution >= 0.6 is 0 Å². The van der Waals surface area contributed by atoms with Crippen molar-refractivity contribution < 1.29 is 32.6 Å². The second kappa shape index (κ2) is 9.77. The summed E-state index contributed by atoms with van der Waals surface area (Å²) in [4.78, 5) is 23.4. The molecule has 35 heavy (non-hydrogen) atoms. The molecule has 0 saturated carbocycles. The molecule has 11 heteroatoms. The van der Waals surface area contributed by atoms with Gasteiger partial charge in [-0.2, -0.15) is 13.2 Å². The monoisotopic (exact) mass is 490 g/mol. The largest absolute Gasteiger partial charge is 0.481 e. The molecule has 2 N–H and O–H groups in total. The first-order valence-electron chi connectivity index (χ1n) is 10.7. The molecule has 0 bridgehead atoms. The average molecular weight is 490 g/mol. The highest BCUT2D eigenvalue weighted by Gasteiger charge is 2.36. The Morgan fingerprint density at radius 2 is 1.80 bits per heavy atom. The number of nitrogens with one attached hydrogen (secondary N) is 1. The predicted octanol–water partition coefficient (Wildman–Crippen LogP) is 4.33. The van der Waals surface area contributed by atoms with Gasteiger partial charge in [0.1, 0.15) is 5.75 Å². The van der Waals surface area contributed by atoms with Crippen molar-refractivity contribution in [3.63, 3.8) is 0 Å². The van der Waals surface area contributed by atoms with E-state index in [4.69, 9.17) is 9.84 Å². The van der Waals surface area contributed by atoms with Crippen LogP contribution < -0.4 is 10.1 Å². The molecule has 186 valence electrons. The van der Waals surface area contributed by atoms with Gasteiger partial charge in [-0.05, 0) is 39.0 Å². The summed E-state index contributed by atoms with van der Waals surface area (Å²) >= 11 is 0. The first-order chi connectivity index (χ1) is 16.3. The maximum atomic E-state index is 13.5. The number of hydrogen-bond donors (Lipinski definition) is 2. The van der Waals surface area contributed by atoms with Crippen LogP contribution in [0.2, 0.25) is 0 Å². The van der Waals surface area contributed by atoms with Crippen molar-refractivity contribution in [2.45, 2.75) is 39.0 Å². The number of ether oxygens (including phenoxy) is 1. The molecule has 0 unspecified atom stereocenters. The van der Waals surface area contributed by atoms with Crippen molar-refractivity contribution in [3.05, 3.63) is 65.0 Å². The van der Waals surface area contributed by atoms with Gasteiger partial charge in [-0.15, -0.1) is 10.2 Å². The van der Waals surface area contributed by atoms with E-state index in [1.54, 1.807) is 39.0 Å².